The number of amides is 1. The summed E-state index contributed by atoms with van der Waals surface area (Å²) in [5, 5.41) is 13.7. The second-order valence-electron chi connectivity index (χ2n) is 7.53. The lowest BCUT2D eigenvalue weighted by molar-refractivity contribution is 0.0628. The maximum absolute atomic E-state index is 13.3. The van der Waals surface area contributed by atoms with Crippen LogP contribution in [0.25, 0.3) is 0 Å². The molecule has 2 N–H and O–H groups in total. The van der Waals surface area contributed by atoms with E-state index < -0.39 is 17.5 Å². The third-order valence-corrected chi connectivity index (χ3v) is 7.42. The van der Waals surface area contributed by atoms with Crippen molar-refractivity contribution in [1.82, 2.24) is 0 Å². The Kier molecular flexibility index (Phi) is 5.63. The molecule has 3 nitrogen and oxygen atoms in total. The molecule has 2 aliphatic carbocycles. The number of anilines is 1. The van der Waals surface area contributed by atoms with Crippen LogP contribution in [0.15, 0.2) is 41.3 Å². The van der Waals surface area contributed by atoms with Gasteiger partial charge in [0.15, 0.2) is 11.6 Å². The number of thioether (sulfide) groups is 1. The van der Waals surface area contributed by atoms with Crippen molar-refractivity contribution in [1.29, 1.82) is 0 Å². The number of halogens is 3. The van der Waals surface area contributed by atoms with Gasteiger partial charge in [0.1, 0.15) is 0 Å². The molecule has 148 valence electrons. The lowest BCUT2D eigenvalue weighted by atomic mass is 9.86. The summed E-state index contributed by atoms with van der Waals surface area (Å²) in [5.41, 5.74) is 0.585. The van der Waals surface area contributed by atoms with E-state index in [0.717, 1.165) is 42.7 Å². The standard InChI is InChI=1S/C21H20ClF2NO2S/c22-16-5-3-13(21(27)25-14-4-6-17(23)18(24)10-14)9-19(16)28-15-7-11-1-2-12(8-15)20(11)26/h3-6,9-12,15,20,26H,1-2,7-8H2,(H,25,27)/t11-,12?,15-,20-/m0/s1. The fourth-order valence-corrected chi connectivity index (χ4v) is 5.90. The van der Waals surface area contributed by atoms with Crippen molar-refractivity contribution in [2.24, 2.45) is 11.8 Å². The monoisotopic (exact) mass is 423 g/mol. The Morgan fingerprint density at radius 3 is 2.46 bits per heavy atom. The second-order valence-corrected chi connectivity index (χ2v) is 9.28. The smallest absolute Gasteiger partial charge is 0.255 e. The van der Waals surface area contributed by atoms with Gasteiger partial charge < -0.3 is 10.4 Å². The van der Waals surface area contributed by atoms with Crippen LogP contribution in [0.4, 0.5) is 14.5 Å². The highest BCUT2D eigenvalue weighted by atomic mass is 35.5. The van der Waals surface area contributed by atoms with Gasteiger partial charge in [-0.3, -0.25) is 4.79 Å². The van der Waals surface area contributed by atoms with Crippen molar-refractivity contribution in [3.05, 3.63) is 58.6 Å². The third-order valence-electron chi connectivity index (χ3n) is 5.67. The molecule has 2 aromatic rings. The van der Waals surface area contributed by atoms with Crippen LogP contribution in [-0.2, 0) is 0 Å². The molecule has 2 saturated carbocycles. The molecule has 0 aromatic heterocycles. The largest absolute Gasteiger partial charge is 0.393 e. The summed E-state index contributed by atoms with van der Waals surface area (Å²) in [7, 11) is 0. The molecule has 1 amide bonds. The van der Waals surface area contributed by atoms with Crippen molar-refractivity contribution in [2.45, 2.75) is 41.9 Å². The van der Waals surface area contributed by atoms with Crippen LogP contribution in [-0.4, -0.2) is 22.4 Å². The fraction of sp³-hybridized carbons (Fsp3) is 0.381. The highest BCUT2D eigenvalue weighted by molar-refractivity contribution is 8.00. The summed E-state index contributed by atoms with van der Waals surface area (Å²) in [5.74, 6) is -1.68. The Balaban J connectivity index is 1.47. The van der Waals surface area contributed by atoms with E-state index in [1.54, 1.807) is 30.0 Å². The van der Waals surface area contributed by atoms with Gasteiger partial charge in [0.2, 0.25) is 0 Å². The maximum atomic E-state index is 13.3. The number of hydrogen-bond acceptors (Lipinski definition) is 3. The van der Waals surface area contributed by atoms with Gasteiger partial charge in [-0.15, -0.1) is 11.8 Å². The first-order chi connectivity index (χ1) is 13.4. The summed E-state index contributed by atoms with van der Waals surface area (Å²) in [6.45, 7) is 0. The average molecular weight is 424 g/mol. The van der Waals surface area contributed by atoms with Crippen LogP contribution in [0.3, 0.4) is 0 Å². The minimum atomic E-state index is -1.01. The molecule has 2 aliphatic rings. The number of aliphatic hydroxyl groups excluding tert-OH is 1. The first-order valence-electron chi connectivity index (χ1n) is 9.31. The number of benzene rings is 2. The van der Waals surface area contributed by atoms with Gasteiger partial charge in [-0.1, -0.05) is 11.6 Å². The number of nitrogens with one attached hydrogen (secondary N) is 1. The van der Waals surface area contributed by atoms with E-state index in [4.69, 9.17) is 11.6 Å². The molecular weight excluding hydrogens is 404 g/mol. The zero-order chi connectivity index (χ0) is 19.8. The van der Waals surface area contributed by atoms with Crippen molar-refractivity contribution in [2.75, 3.05) is 5.32 Å². The van der Waals surface area contributed by atoms with Crippen molar-refractivity contribution < 1.29 is 18.7 Å². The minimum absolute atomic E-state index is 0.180. The van der Waals surface area contributed by atoms with E-state index in [2.05, 4.69) is 5.32 Å². The highest BCUT2D eigenvalue weighted by Crippen LogP contribution is 2.48. The molecule has 0 saturated heterocycles. The van der Waals surface area contributed by atoms with Crippen LogP contribution in [0.2, 0.25) is 5.02 Å². The molecule has 28 heavy (non-hydrogen) atoms. The van der Waals surface area contributed by atoms with Gasteiger partial charge in [-0.2, -0.15) is 0 Å². The van der Waals surface area contributed by atoms with E-state index in [1.165, 1.54) is 6.07 Å². The van der Waals surface area contributed by atoms with Crippen molar-refractivity contribution in [3.63, 3.8) is 0 Å². The number of carbonyl (C=O) groups is 1. The maximum Gasteiger partial charge on any atom is 0.255 e. The Morgan fingerprint density at radius 1 is 1.07 bits per heavy atom. The van der Waals surface area contributed by atoms with E-state index in [-0.39, 0.29) is 11.8 Å². The predicted molar refractivity (Wildman–Crippen MR) is 107 cm³/mol. The first-order valence-corrected chi connectivity index (χ1v) is 10.6. The number of carbonyl (C=O) groups excluding carboxylic acids is 1. The van der Waals surface area contributed by atoms with Gasteiger partial charge in [-0.25, -0.2) is 8.78 Å². The predicted octanol–water partition coefficient (Wildman–Crippen LogP) is 5.51. The zero-order valence-electron chi connectivity index (χ0n) is 15.0. The van der Waals surface area contributed by atoms with E-state index >= 15 is 0 Å². The van der Waals surface area contributed by atoms with Crippen LogP contribution >= 0.6 is 23.4 Å². The number of hydrogen-bond donors (Lipinski definition) is 2. The molecule has 4 rings (SSSR count). The third kappa shape index (κ3) is 4.04. The summed E-state index contributed by atoms with van der Waals surface area (Å²) in [6, 6.07) is 8.24. The Hall–Kier alpha value is -1.63. The zero-order valence-corrected chi connectivity index (χ0v) is 16.6. The summed E-state index contributed by atoms with van der Waals surface area (Å²) < 4.78 is 26.4. The second kappa shape index (κ2) is 8.01. The van der Waals surface area contributed by atoms with Crippen molar-refractivity contribution >= 4 is 35.0 Å². The molecule has 0 heterocycles. The summed E-state index contributed by atoms with van der Waals surface area (Å²) >= 11 is 7.99. The van der Waals surface area contributed by atoms with Crippen LogP contribution in [0.1, 0.15) is 36.0 Å². The molecule has 1 unspecified atom stereocenters. The number of fused-ring (bicyclic) bond motifs is 2. The van der Waals surface area contributed by atoms with E-state index in [1.807, 2.05) is 0 Å². The lowest BCUT2D eigenvalue weighted by Crippen LogP contribution is -2.31. The topological polar surface area (TPSA) is 49.3 Å². The Morgan fingerprint density at radius 2 is 1.79 bits per heavy atom. The van der Waals surface area contributed by atoms with Gasteiger partial charge >= 0.3 is 0 Å². The summed E-state index contributed by atoms with van der Waals surface area (Å²) in [4.78, 5) is 13.3. The molecule has 2 aromatic carbocycles. The van der Waals surface area contributed by atoms with Gasteiger partial charge in [0, 0.05) is 27.5 Å². The Bertz CT molecular complexity index is 896. The number of aliphatic hydroxyl groups is 1. The lowest BCUT2D eigenvalue weighted by Gasteiger charge is -2.32. The van der Waals surface area contributed by atoms with Gasteiger partial charge in [0.05, 0.1) is 11.1 Å². The highest BCUT2D eigenvalue weighted by Gasteiger charge is 2.42. The van der Waals surface area contributed by atoms with Gasteiger partial charge in [0.25, 0.3) is 5.91 Å². The fourth-order valence-electron chi connectivity index (χ4n) is 4.23. The molecule has 7 heteroatoms. The van der Waals surface area contributed by atoms with Gasteiger partial charge in [-0.05, 0) is 67.9 Å². The van der Waals surface area contributed by atoms with E-state index in [0.29, 0.717) is 27.7 Å². The van der Waals surface area contributed by atoms with Crippen LogP contribution in [0.5, 0.6) is 0 Å². The molecule has 0 radical (unpaired) electrons. The summed E-state index contributed by atoms with van der Waals surface area (Å²) in [6.07, 6.45) is 3.87. The van der Waals surface area contributed by atoms with Crippen molar-refractivity contribution in [3.8, 4) is 0 Å². The number of rotatable bonds is 4. The Labute approximate surface area is 171 Å². The average Bonchev–Trinajstić information content (AvgIpc) is 2.88. The molecule has 0 aliphatic heterocycles. The normalized spacial score (nSPS) is 26.3. The molecule has 0 spiro atoms. The van der Waals surface area contributed by atoms with Crippen LogP contribution < -0.4 is 5.32 Å². The van der Waals surface area contributed by atoms with Crippen LogP contribution in [0, 0.1) is 23.5 Å². The first kappa shape index (κ1) is 19.7. The SMILES string of the molecule is O=C(Nc1ccc(F)c(F)c1)c1ccc(Cl)c(S[C@@H]2CC3CC[C@@H](C2)[C@@H]3O)c1. The quantitative estimate of drug-likeness (QED) is 0.681. The molecule has 2 fully saturated rings. The molecule has 4 atom stereocenters. The molecule has 2 bridgehead atoms. The van der Waals surface area contributed by atoms with E-state index in [9.17, 15) is 18.7 Å². The minimum Gasteiger partial charge on any atom is -0.393 e. The molecular formula is C21H20ClF2NO2S.